The Hall–Kier alpha value is -3.27. The van der Waals surface area contributed by atoms with E-state index in [0.29, 0.717) is 11.1 Å². The topological polar surface area (TPSA) is 116 Å². The molecule has 0 saturated carbocycles. The van der Waals surface area contributed by atoms with Crippen molar-refractivity contribution in [1.29, 1.82) is 0 Å². The van der Waals surface area contributed by atoms with Crippen LogP contribution in [0, 0.1) is 10.1 Å². The zero-order valence-electron chi connectivity index (χ0n) is 15.3. The Morgan fingerprint density at radius 3 is 2.61 bits per heavy atom. The van der Waals surface area contributed by atoms with Gasteiger partial charge in [0, 0.05) is 6.07 Å². The van der Waals surface area contributed by atoms with Gasteiger partial charge in [0.05, 0.1) is 16.4 Å². The predicted molar refractivity (Wildman–Crippen MR) is 106 cm³/mol. The van der Waals surface area contributed by atoms with Gasteiger partial charge in [0.1, 0.15) is 5.69 Å². The number of nitro groups is 1. The number of aromatic nitrogens is 4. The average Bonchev–Trinajstić information content (AvgIpc) is 3.15. The standard InChI is InChI=1S/C18H18N6O3S/c1-12(2)13-7-9-14(10-8-13)23-18(20-21-22-23)28-11-17(25)19-15-5-3-4-6-16(15)24(26)27/h3-10,12H,11H2,1-2H3,(H,19,25). The molecule has 2 aromatic carbocycles. The fraction of sp³-hybridized carbons (Fsp3) is 0.222. The molecule has 0 radical (unpaired) electrons. The van der Waals surface area contributed by atoms with Gasteiger partial charge in [0.15, 0.2) is 0 Å². The number of benzene rings is 2. The van der Waals surface area contributed by atoms with Crippen molar-refractivity contribution in [2.45, 2.75) is 24.9 Å². The van der Waals surface area contributed by atoms with Crippen LogP contribution >= 0.6 is 11.8 Å². The van der Waals surface area contributed by atoms with Crippen LogP contribution in [-0.2, 0) is 4.79 Å². The Balaban J connectivity index is 1.67. The number of hydrogen-bond acceptors (Lipinski definition) is 7. The lowest BCUT2D eigenvalue weighted by Gasteiger charge is -2.08. The molecule has 0 atom stereocenters. The normalized spacial score (nSPS) is 10.8. The van der Waals surface area contributed by atoms with Crippen LogP contribution in [-0.4, -0.2) is 36.8 Å². The molecule has 1 amide bonds. The van der Waals surface area contributed by atoms with Crippen molar-refractivity contribution < 1.29 is 9.72 Å². The highest BCUT2D eigenvalue weighted by Gasteiger charge is 2.16. The van der Waals surface area contributed by atoms with Gasteiger partial charge in [-0.3, -0.25) is 14.9 Å². The van der Waals surface area contributed by atoms with Crippen molar-refractivity contribution in [1.82, 2.24) is 20.2 Å². The minimum absolute atomic E-state index is 0.0104. The van der Waals surface area contributed by atoms with Crippen LogP contribution in [0.3, 0.4) is 0 Å². The molecule has 1 aromatic heterocycles. The maximum Gasteiger partial charge on any atom is 0.292 e. The quantitative estimate of drug-likeness (QED) is 0.368. The minimum atomic E-state index is -0.538. The fourth-order valence-electron chi connectivity index (χ4n) is 2.49. The van der Waals surface area contributed by atoms with Gasteiger partial charge in [-0.2, -0.15) is 4.68 Å². The zero-order valence-corrected chi connectivity index (χ0v) is 16.1. The van der Waals surface area contributed by atoms with Gasteiger partial charge in [-0.25, -0.2) is 0 Å². The predicted octanol–water partition coefficient (Wildman–Crippen LogP) is 3.42. The molecule has 9 nitrogen and oxygen atoms in total. The molecule has 0 aliphatic rings. The van der Waals surface area contributed by atoms with E-state index in [1.807, 2.05) is 24.3 Å². The number of nitrogens with zero attached hydrogens (tertiary/aromatic N) is 5. The number of nitro benzene ring substituents is 1. The highest BCUT2D eigenvalue weighted by atomic mass is 32.2. The van der Waals surface area contributed by atoms with Crippen molar-refractivity contribution >= 4 is 29.0 Å². The van der Waals surface area contributed by atoms with Crippen molar-refractivity contribution in [3.63, 3.8) is 0 Å². The van der Waals surface area contributed by atoms with E-state index in [1.165, 1.54) is 17.7 Å². The smallest absolute Gasteiger partial charge is 0.292 e. The number of carbonyl (C=O) groups excluding carboxylic acids is 1. The second-order valence-corrected chi connectivity index (χ2v) is 7.17. The summed E-state index contributed by atoms with van der Waals surface area (Å²) in [6, 6.07) is 13.9. The zero-order chi connectivity index (χ0) is 20.1. The van der Waals surface area contributed by atoms with E-state index in [2.05, 4.69) is 34.7 Å². The fourth-order valence-corrected chi connectivity index (χ4v) is 3.18. The Bertz CT molecular complexity index is 987. The van der Waals surface area contributed by atoms with Gasteiger partial charge in [0.2, 0.25) is 11.1 Å². The number of para-hydroxylation sites is 2. The average molecular weight is 398 g/mol. The van der Waals surface area contributed by atoms with Gasteiger partial charge in [-0.1, -0.05) is 49.9 Å². The van der Waals surface area contributed by atoms with Gasteiger partial charge >= 0.3 is 0 Å². The summed E-state index contributed by atoms with van der Waals surface area (Å²) < 4.78 is 1.55. The highest BCUT2D eigenvalue weighted by Crippen LogP contribution is 2.24. The van der Waals surface area contributed by atoms with Gasteiger partial charge in [-0.05, 0) is 40.1 Å². The van der Waals surface area contributed by atoms with E-state index < -0.39 is 4.92 Å². The lowest BCUT2D eigenvalue weighted by Crippen LogP contribution is -2.15. The van der Waals surface area contributed by atoms with Crippen molar-refractivity contribution in [2.24, 2.45) is 0 Å². The Morgan fingerprint density at radius 2 is 1.93 bits per heavy atom. The number of carbonyl (C=O) groups is 1. The molecule has 144 valence electrons. The van der Waals surface area contributed by atoms with E-state index in [-0.39, 0.29) is 23.0 Å². The summed E-state index contributed by atoms with van der Waals surface area (Å²) in [5, 5.41) is 25.6. The molecule has 0 bridgehead atoms. The van der Waals surface area contributed by atoms with Crippen LogP contribution in [0.1, 0.15) is 25.3 Å². The molecule has 0 aliphatic carbocycles. The number of amides is 1. The lowest BCUT2D eigenvalue weighted by atomic mass is 10.0. The largest absolute Gasteiger partial charge is 0.320 e. The lowest BCUT2D eigenvalue weighted by molar-refractivity contribution is -0.383. The summed E-state index contributed by atoms with van der Waals surface area (Å²) >= 11 is 1.15. The molecule has 0 unspecified atom stereocenters. The Kier molecular flexibility index (Phi) is 5.99. The van der Waals surface area contributed by atoms with Crippen LogP contribution < -0.4 is 5.32 Å². The Labute approximate surface area is 165 Å². The van der Waals surface area contributed by atoms with Crippen LogP contribution in [0.4, 0.5) is 11.4 Å². The van der Waals surface area contributed by atoms with Crippen LogP contribution in [0.5, 0.6) is 0 Å². The first kappa shape index (κ1) is 19.5. The molecule has 10 heteroatoms. The minimum Gasteiger partial charge on any atom is -0.320 e. The number of rotatable bonds is 7. The van der Waals surface area contributed by atoms with Gasteiger partial charge < -0.3 is 5.32 Å². The number of tetrazole rings is 1. The van der Waals surface area contributed by atoms with E-state index >= 15 is 0 Å². The molecule has 0 spiro atoms. The summed E-state index contributed by atoms with van der Waals surface area (Å²) in [7, 11) is 0. The third-order valence-electron chi connectivity index (χ3n) is 3.95. The van der Waals surface area contributed by atoms with E-state index in [0.717, 1.165) is 17.4 Å². The molecule has 1 heterocycles. The number of nitrogens with one attached hydrogen (secondary N) is 1. The molecule has 0 fully saturated rings. The number of anilines is 1. The van der Waals surface area contributed by atoms with Crippen LogP contribution in [0.2, 0.25) is 0 Å². The number of hydrogen-bond donors (Lipinski definition) is 1. The summed E-state index contributed by atoms with van der Waals surface area (Å²) in [4.78, 5) is 22.7. The SMILES string of the molecule is CC(C)c1ccc(-n2nnnc2SCC(=O)Nc2ccccc2[N+](=O)[O-])cc1. The molecule has 0 aliphatic heterocycles. The monoisotopic (exact) mass is 398 g/mol. The summed E-state index contributed by atoms with van der Waals surface area (Å²) in [6.07, 6.45) is 0. The summed E-state index contributed by atoms with van der Waals surface area (Å²) in [5.74, 6) is 0.0442. The number of thioether (sulfide) groups is 1. The first-order chi connectivity index (χ1) is 13.5. The van der Waals surface area contributed by atoms with Crippen molar-refractivity contribution in [3.05, 3.63) is 64.2 Å². The van der Waals surface area contributed by atoms with E-state index in [4.69, 9.17) is 0 Å². The Morgan fingerprint density at radius 1 is 1.21 bits per heavy atom. The van der Waals surface area contributed by atoms with Gasteiger partial charge in [0.25, 0.3) is 5.69 Å². The third kappa shape index (κ3) is 4.52. The van der Waals surface area contributed by atoms with Crippen LogP contribution in [0.15, 0.2) is 53.7 Å². The molecule has 3 aromatic rings. The summed E-state index contributed by atoms with van der Waals surface area (Å²) in [5.41, 5.74) is 1.99. The molecular formula is C18H18N6O3S. The summed E-state index contributed by atoms with van der Waals surface area (Å²) in [6.45, 7) is 4.23. The first-order valence-corrected chi connectivity index (χ1v) is 9.49. The van der Waals surface area contributed by atoms with Gasteiger partial charge in [-0.15, -0.1) is 5.10 Å². The molecule has 3 rings (SSSR count). The third-order valence-corrected chi connectivity index (χ3v) is 4.87. The second kappa shape index (κ2) is 8.61. The van der Waals surface area contributed by atoms with Crippen molar-refractivity contribution in [2.75, 3.05) is 11.1 Å². The first-order valence-electron chi connectivity index (χ1n) is 8.50. The molecular weight excluding hydrogens is 380 g/mol. The second-order valence-electron chi connectivity index (χ2n) is 6.23. The maximum absolute atomic E-state index is 12.2. The van der Waals surface area contributed by atoms with Crippen molar-refractivity contribution in [3.8, 4) is 5.69 Å². The maximum atomic E-state index is 12.2. The van der Waals surface area contributed by atoms with Crippen LogP contribution in [0.25, 0.3) is 5.69 Å². The van der Waals surface area contributed by atoms with E-state index in [9.17, 15) is 14.9 Å². The van der Waals surface area contributed by atoms with E-state index in [1.54, 1.807) is 16.8 Å². The molecule has 0 saturated heterocycles. The molecule has 28 heavy (non-hydrogen) atoms. The molecule has 1 N–H and O–H groups in total. The highest BCUT2D eigenvalue weighted by molar-refractivity contribution is 7.99.